The van der Waals surface area contributed by atoms with Crippen molar-refractivity contribution in [2.45, 2.75) is 32.4 Å². The number of likely N-dealkylation sites (tertiary alicyclic amines) is 1. The van der Waals surface area contributed by atoms with Gasteiger partial charge < -0.3 is 15.5 Å². The Morgan fingerprint density at radius 2 is 2.00 bits per heavy atom. The van der Waals surface area contributed by atoms with Crippen LogP contribution in [0.15, 0.2) is 30.8 Å². The smallest absolute Gasteiger partial charge is 0.315 e. The highest BCUT2D eigenvalue weighted by molar-refractivity contribution is 5.74. The normalized spacial score (nSPS) is 16.4. The van der Waals surface area contributed by atoms with E-state index >= 15 is 0 Å². The third kappa shape index (κ3) is 4.90. The van der Waals surface area contributed by atoms with E-state index in [2.05, 4.69) is 29.0 Å². The van der Waals surface area contributed by atoms with Crippen molar-refractivity contribution in [1.82, 2.24) is 15.5 Å². The average Bonchev–Trinajstić information content (AvgIpc) is 2.54. The van der Waals surface area contributed by atoms with Crippen molar-refractivity contribution in [2.75, 3.05) is 19.6 Å². The first-order valence-corrected chi connectivity index (χ1v) is 7.69. The van der Waals surface area contributed by atoms with Crippen molar-refractivity contribution >= 4 is 12.1 Å². The quantitative estimate of drug-likeness (QED) is 0.874. The molecule has 0 unspecified atom stereocenters. The Balaban J connectivity index is 1.71. The fraction of sp³-hybridized carbons (Fsp3) is 0.471. The molecule has 4 nitrogen and oxygen atoms in total. The minimum atomic E-state index is -0.0715. The van der Waals surface area contributed by atoms with Gasteiger partial charge in [0.1, 0.15) is 0 Å². The van der Waals surface area contributed by atoms with Crippen LogP contribution in [0.4, 0.5) is 4.79 Å². The van der Waals surface area contributed by atoms with Gasteiger partial charge in [-0.25, -0.2) is 4.79 Å². The summed E-state index contributed by atoms with van der Waals surface area (Å²) < 4.78 is 0. The van der Waals surface area contributed by atoms with Gasteiger partial charge in [0.15, 0.2) is 0 Å². The second kappa shape index (κ2) is 7.84. The van der Waals surface area contributed by atoms with Crippen LogP contribution in [0.25, 0.3) is 6.08 Å². The monoisotopic (exact) mass is 287 g/mol. The summed E-state index contributed by atoms with van der Waals surface area (Å²) in [6.07, 6.45) is 3.89. The summed E-state index contributed by atoms with van der Waals surface area (Å²) in [4.78, 5) is 14.3. The van der Waals surface area contributed by atoms with Gasteiger partial charge in [0.2, 0.25) is 0 Å². The average molecular weight is 287 g/mol. The Bertz CT molecular complexity index is 461. The molecule has 2 amide bonds. The number of carbonyl (C=O) groups is 1. The number of piperidine rings is 1. The molecule has 0 atom stereocenters. The van der Waals surface area contributed by atoms with Crippen LogP contribution in [-0.4, -0.2) is 36.6 Å². The van der Waals surface area contributed by atoms with Gasteiger partial charge in [-0.3, -0.25) is 0 Å². The molecule has 1 aliphatic rings. The van der Waals surface area contributed by atoms with Gasteiger partial charge in [0.05, 0.1) is 0 Å². The van der Waals surface area contributed by atoms with Crippen molar-refractivity contribution in [1.29, 1.82) is 0 Å². The zero-order valence-corrected chi connectivity index (χ0v) is 12.8. The van der Waals surface area contributed by atoms with Gasteiger partial charge in [0.25, 0.3) is 0 Å². The number of hydrogen-bond acceptors (Lipinski definition) is 2. The molecule has 2 N–H and O–H groups in total. The Hall–Kier alpha value is -1.81. The molecule has 0 spiro atoms. The Morgan fingerprint density at radius 1 is 1.33 bits per heavy atom. The van der Waals surface area contributed by atoms with E-state index in [9.17, 15) is 4.79 Å². The first kappa shape index (κ1) is 15.6. The van der Waals surface area contributed by atoms with Gasteiger partial charge in [0, 0.05) is 25.7 Å². The molecule has 0 radical (unpaired) electrons. The van der Waals surface area contributed by atoms with Gasteiger partial charge in [-0.1, -0.05) is 43.8 Å². The topological polar surface area (TPSA) is 44.4 Å². The van der Waals surface area contributed by atoms with Crippen LogP contribution >= 0.6 is 0 Å². The molecule has 0 bridgehead atoms. The van der Waals surface area contributed by atoms with Crippen molar-refractivity contribution in [2.24, 2.45) is 0 Å². The lowest BCUT2D eigenvalue weighted by molar-refractivity contribution is 0.198. The maximum Gasteiger partial charge on any atom is 0.315 e. The van der Waals surface area contributed by atoms with Crippen LogP contribution in [-0.2, 0) is 6.54 Å². The molecule has 1 aromatic carbocycles. The van der Waals surface area contributed by atoms with Gasteiger partial charge in [-0.2, -0.15) is 0 Å². The molecule has 1 heterocycles. The van der Waals surface area contributed by atoms with Gasteiger partial charge in [-0.05, 0) is 30.5 Å². The summed E-state index contributed by atoms with van der Waals surface area (Å²) in [6.45, 7) is 9.70. The number of nitrogens with zero attached hydrogens (tertiary/aromatic N) is 1. The molecule has 1 saturated heterocycles. The minimum Gasteiger partial charge on any atom is -0.335 e. The number of benzene rings is 1. The number of nitrogens with one attached hydrogen (secondary N) is 2. The zero-order chi connectivity index (χ0) is 15.1. The summed E-state index contributed by atoms with van der Waals surface area (Å²) in [5.74, 6) is 0. The van der Waals surface area contributed by atoms with Crippen molar-refractivity contribution in [3.8, 4) is 0 Å². The van der Waals surface area contributed by atoms with Gasteiger partial charge >= 0.3 is 6.03 Å². The number of hydrogen-bond donors (Lipinski definition) is 2. The highest BCUT2D eigenvalue weighted by atomic mass is 16.2. The molecule has 21 heavy (non-hydrogen) atoms. The molecular formula is C17H25N3O. The van der Waals surface area contributed by atoms with Crippen LogP contribution in [0.3, 0.4) is 0 Å². The van der Waals surface area contributed by atoms with E-state index in [1.807, 2.05) is 30.3 Å². The minimum absolute atomic E-state index is 0.0715. The Labute approximate surface area is 127 Å². The molecule has 1 aliphatic heterocycles. The van der Waals surface area contributed by atoms with E-state index < -0.39 is 0 Å². The molecule has 0 aliphatic carbocycles. The second-order valence-corrected chi connectivity index (χ2v) is 5.48. The molecule has 2 rings (SSSR count). The lowest BCUT2D eigenvalue weighted by Crippen LogP contribution is -2.47. The van der Waals surface area contributed by atoms with Crippen LogP contribution in [0.1, 0.15) is 30.9 Å². The molecule has 1 fully saturated rings. The zero-order valence-electron chi connectivity index (χ0n) is 12.8. The summed E-state index contributed by atoms with van der Waals surface area (Å²) in [6, 6.07) is 8.26. The third-order valence-electron chi connectivity index (χ3n) is 4.04. The molecule has 0 saturated carbocycles. The number of rotatable bonds is 5. The van der Waals surface area contributed by atoms with Crippen LogP contribution in [0, 0.1) is 0 Å². The van der Waals surface area contributed by atoms with Crippen molar-refractivity contribution < 1.29 is 4.79 Å². The predicted octanol–water partition coefficient (Wildman–Crippen LogP) is 2.61. The van der Waals surface area contributed by atoms with Crippen LogP contribution < -0.4 is 10.6 Å². The van der Waals surface area contributed by atoms with Gasteiger partial charge in [-0.15, -0.1) is 0 Å². The summed E-state index contributed by atoms with van der Waals surface area (Å²) in [7, 11) is 0. The predicted molar refractivity (Wildman–Crippen MR) is 87.0 cm³/mol. The van der Waals surface area contributed by atoms with Crippen LogP contribution in [0.5, 0.6) is 0 Å². The fourth-order valence-electron chi connectivity index (χ4n) is 2.58. The lowest BCUT2D eigenvalue weighted by atomic mass is 10.1. The summed E-state index contributed by atoms with van der Waals surface area (Å²) in [5, 5.41) is 5.98. The van der Waals surface area contributed by atoms with E-state index in [0.717, 1.165) is 43.6 Å². The molecule has 4 heteroatoms. The summed E-state index contributed by atoms with van der Waals surface area (Å²) >= 11 is 0. The second-order valence-electron chi connectivity index (χ2n) is 5.48. The summed E-state index contributed by atoms with van der Waals surface area (Å²) in [5.41, 5.74) is 2.18. The standard InChI is InChI=1S/C17H25N3O/c1-3-14-5-7-15(8-6-14)13-18-17(21)19-16-9-11-20(4-2)12-10-16/h3,5-8,16H,1,4,9-13H2,2H3,(H2,18,19,21). The number of carbonyl (C=O) groups excluding carboxylic acids is 1. The lowest BCUT2D eigenvalue weighted by Gasteiger charge is -2.31. The van der Waals surface area contributed by atoms with E-state index in [4.69, 9.17) is 0 Å². The highest BCUT2D eigenvalue weighted by Crippen LogP contribution is 2.09. The van der Waals surface area contributed by atoms with Crippen molar-refractivity contribution in [3.05, 3.63) is 42.0 Å². The first-order chi connectivity index (χ1) is 10.2. The molecule has 1 aromatic rings. The van der Waals surface area contributed by atoms with Crippen molar-refractivity contribution in [3.63, 3.8) is 0 Å². The Kier molecular flexibility index (Phi) is 5.81. The third-order valence-corrected chi connectivity index (χ3v) is 4.04. The molecular weight excluding hydrogens is 262 g/mol. The van der Waals surface area contributed by atoms with E-state index in [1.54, 1.807) is 0 Å². The first-order valence-electron chi connectivity index (χ1n) is 7.69. The largest absolute Gasteiger partial charge is 0.335 e. The van der Waals surface area contributed by atoms with Crippen LogP contribution in [0.2, 0.25) is 0 Å². The molecule has 0 aromatic heterocycles. The Morgan fingerprint density at radius 3 is 2.57 bits per heavy atom. The maximum atomic E-state index is 11.9. The van der Waals surface area contributed by atoms with E-state index in [1.165, 1.54) is 0 Å². The number of urea groups is 1. The highest BCUT2D eigenvalue weighted by Gasteiger charge is 2.19. The van der Waals surface area contributed by atoms with E-state index in [0.29, 0.717) is 12.6 Å². The molecule has 114 valence electrons. The fourth-order valence-corrected chi connectivity index (χ4v) is 2.58. The number of amides is 2. The maximum absolute atomic E-state index is 11.9. The van der Waals surface area contributed by atoms with E-state index in [-0.39, 0.29) is 6.03 Å². The SMILES string of the molecule is C=Cc1ccc(CNC(=O)NC2CCN(CC)CC2)cc1.